The molecule has 1 saturated heterocycles. The van der Waals surface area contributed by atoms with E-state index in [9.17, 15) is 9.59 Å². The molecule has 1 unspecified atom stereocenters. The van der Waals surface area contributed by atoms with Crippen LogP contribution >= 0.6 is 0 Å². The zero-order valence-corrected chi connectivity index (χ0v) is 11.5. The molecule has 5 nitrogen and oxygen atoms in total. The van der Waals surface area contributed by atoms with Gasteiger partial charge >= 0.3 is 0 Å². The van der Waals surface area contributed by atoms with Gasteiger partial charge in [0.1, 0.15) is 6.42 Å². The molecule has 1 atom stereocenters. The van der Waals surface area contributed by atoms with E-state index < -0.39 is 0 Å². The molecule has 1 aliphatic heterocycles. The maximum absolute atomic E-state index is 12.4. The average Bonchev–Trinajstić information content (AvgIpc) is 2.47. The molecule has 0 aromatic heterocycles. The lowest BCUT2D eigenvalue weighted by molar-refractivity contribution is -0.132. The third kappa shape index (κ3) is 2.97. The first kappa shape index (κ1) is 14.1. The van der Waals surface area contributed by atoms with Crippen LogP contribution in [-0.4, -0.2) is 47.3 Å². The highest BCUT2D eigenvalue weighted by molar-refractivity contribution is 5.94. The van der Waals surface area contributed by atoms with Gasteiger partial charge in [0, 0.05) is 31.2 Å². The van der Waals surface area contributed by atoms with E-state index in [1.165, 1.54) is 0 Å². The predicted molar refractivity (Wildman–Crippen MR) is 73.8 cm³/mol. The van der Waals surface area contributed by atoms with Gasteiger partial charge in [0.25, 0.3) is 5.91 Å². The topological polar surface area (TPSA) is 64.4 Å². The number of rotatable bonds is 2. The number of amides is 2. The Morgan fingerprint density at radius 3 is 2.60 bits per heavy atom. The summed E-state index contributed by atoms with van der Waals surface area (Å²) < 4.78 is 0. The van der Waals surface area contributed by atoms with Crippen LogP contribution in [-0.2, 0) is 4.79 Å². The Hall–Kier alpha value is -2.35. The van der Waals surface area contributed by atoms with Gasteiger partial charge in [0.2, 0.25) is 5.91 Å². The number of hydrogen-bond donors (Lipinski definition) is 0. The molecular formula is C15H17N3O2. The smallest absolute Gasteiger partial charge is 0.254 e. The molecule has 2 rings (SSSR count). The minimum atomic E-state index is -0.161. The van der Waals surface area contributed by atoms with Crippen molar-refractivity contribution in [3.63, 3.8) is 0 Å². The summed E-state index contributed by atoms with van der Waals surface area (Å²) in [5.41, 5.74) is 0.663. The van der Waals surface area contributed by atoms with Gasteiger partial charge in [-0.15, -0.1) is 0 Å². The molecule has 0 radical (unpaired) electrons. The van der Waals surface area contributed by atoms with Crippen LogP contribution in [0, 0.1) is 11.3 Å². The van der Waals surface area contributed by atoms with Gasteiger partial charge in [0.05, 0.1) is 6.07 Å². The summed E-state index contributed by atoms with van der Waals surface area (Å²) in [5.74, 6) is -0.170. The number of carbonyl (C=O) groups is 2. The Morgan fingerprint density at radius 1 is 1.30 bits per heavy atom. The highest BCUT2D eigenvalue weighted by Crippen LogP contribution is 2.14. The normalized spacial score (nSPS) is 18.5. The monoisotopic (exact) mass is 271 g/mol. The van der Waals surface area contributed by atoms with Crippen LogP contribution < -0.4 is 0 Å². The third-order valence-electron chi connectivity index (χ3n) is 3.49. The molecule has 1 fully saturated rings. The Kier molecular flexibility index (Phi) is 4.36. The molecule has 0 spiro atoms. The second kappa shape index (κ2) is 6.20. The van der Waals surface area contributed by atoms with Crippen LogP contribution in [0.3, 0.4) is 0 Å². The van der Waals surface area contributed by atoms with Crippen molar-refractivity contribution >= 4 is 11.8 Å². The van der Waals surface area contributed by atoms with Crippen molar-refractivity contribution in [1.29, 1.82) is 5.26 Å². The van der Waals surface area contributed by atoms with Gasteiger partial charge in [-0.25, -0.2) is 0 Å². The van der Waals surface area contributed by atoms with Crippen LogP contribution in [0.2, 0.25) is 0 Å². The summed E-state index contributed by atoms with van der Waals surface area (Å²) in [6.07, 6.45) is -0.0979. The van der Waals surface area contributed by atoms with Crippen LogP contribution in [0.25, 0.3) is 0 Å². The Labute approximate surface area is 118 Å². The molecule has 2 amide bonds. The second-order valence-electron chi connectivity index (χ2n) is 4.89. The van der Waals surface area contributed by atoms with E-state index >= 15 is 0 Å². The lowest BCUT2D eigenvalue weighted by atomic mass is 10.1. The first-order valence-corrected chi connectivity index (χ1v) is 6.64. The molecule has 0 aliphatic carbocycles. The van der Waals surface area contributed by atoms with Gasteiger partial charge in [-0.1, -0.05) is 18.2 Å². The minimum Gasteiger partial charge on any atom is -0.338 e. The van der Waals surface area contributed by atoms with E-state index in [0.29, 0.717) is 25.2 Å². The molecule has 20 heavy (non-hydrogen) atoms. The summed E-state index contributed by atoms with van der Waals surface area (Å²) in [5, 5.41) is 8.56. The van der Waals surface area contributed by atoms with E-state index in [1.807, 2.05) is 31.2 Å². The molecule has 1 aliphatic rings. The van der Waals surface area contributed by atoms with Crippen LogP contribution in [0.15, 0.2) is 30.3 Å². The molecule has 1 aromatic rings. The van der Waals surface area contributed by atoms with Gasteiger partial charge in [-0.2, -0.15) is 5.26 Å². The summed E-state index contributed by atoms with van der Waals surface area (Å²) in [6.45, 7) is 3.40. The third-order valence-corrected chi connectivity index (χ3v) is 3.49. The van der Waals surface area contributed by atoms with Crippen molar-refractivity contribution in [3.8, 4) is 6.07 Å². The van der Waals surface area contributed by atoms with Crippen molar-refractivity contribution in [2.75, 3.05) is 19.6 Å². The minimum absolute atomic E-state index is 0.00881. The Bertz CT molecular complexity index is 536. The van der Waals surface area contributed by atoms with E-state index in [1.54, 1.807) is 21.9 Å². The fraction of sp³-hybridized carbons (Fsp3) is 0.400. The van der Waals surface area contributed by atoms with Crippen LogP contribution in [0.5, 0.6) is 0 Å². The highest BCUT2D eigenvalue weighted by Gasteiger charge is 2.29. The van der Waals surface area contributed by atoms with Crippen molar-refractivity contribution in [3.05, 3.63) is 35.9 Å². The van der Waals surface area contributed by atoms with Gasteiger partial charge < -0.3 is 9.80 Å². The standard InChI is InChI=1S/C15H17N3O2/c1-12-11-17(14(19)7-8-16)9-10-18(12)15(20)13-5-3-2-4-6-13/h2-6,12H,7,9-11H2,1H3. The maximum Gasteiger partial charge on any atom is 0.254 e. The fourth-order valence-electron chi connectivity index (χ4n) is 2.41. The van der Waals surface area contributed by atoms with Crippen LogP contribution in [0.4, 0.5) is 0 Å². The largest absolute Gasteiger partial charge is 0.338 e. The Balaban J connectivity index is 2.02. The molecule has 0 bridgehead atoms. The molecule has 104 valence electrons. The van der Waals surface area contributed by atoms with Gasteiger partial charge in [-0.3, -0.25) is 9.59 Å². The number of carbonyl (C=O) groups excluding carboxylic acids is 2. The first-order chi connectivity index (χ1) is 9.63. The van der Waals surface area contributed by atoms with Crippen LogP contribution in [0.1, 0.15) is 23.7 Å². The summed E-state index contributed by atoms with van der Waals surface area (Å²) in [7, 11) is 0. The molecule has 1 aromatic carbocycles. The van der Waals surface area contributed by atoms with E-state index in [4.69, 9.17) is 5.26 Å². The zero-order valence-electron chi connectivity index (χ0n) is 11.5. The SMILES string of the molecule is CC1CN(C(=O)CC#N)CCN1C(=O)c1ccccc1. The number of piperazine rings is 1. The predicted octanol–water partition coefficient (Wildman–Crippen LogP) is 1.27. The molecule has 5 heteroatoms. The number of nitrogens with zero attached hydrogens (tertiary/aromatic N) is 3. The molecule has 0 saturated carbocycles. The summed E-state index contributed by atoms with van der Waals surface area (Å²) >= 11 is 0. The van der Waals surface area contributed by atoms with E-state index in [0.717, 1.165) is 0 Å². The first-order valence-electron chi connectivity index (χ1n) is 6.64. The zero-order chi connectivity index (χ0) is 14.5. The average molecular weight is 271 g/mol. The highest BCUT2D eigenvalue weighted by atomic mass is 16.2. The molecular weight excluding hydrogens is 254 g/mol. The van der Waals surface area contributed by atoms with E-state index in [-0.39, 0.29) is 24.3 Å². The van der Waals surface area contributed by atoms with Gasteiger partial charge in [-0.05, 0) is 19.1 Å². The number of benzene rings is 1. The Morgan fingerprint density at radius 2 is 2.00 bits per heavy atom. The van der Waals surface area contributed by atoms with Crippen molar-refractivity contribution in [2.24, 2.45) is 0 Å². The fourth-order valence-corrected chi connectivity index (χ4v) is 2.41. The van der Waals surface area contributed by atoms with Gasteiger partial charge in [0.15, 0.2) is 0 Å². The maximum atomic E-state index is 12.4. The van der Waals surface area contributed by atoms with Crippen molar-refractivity contribution in [2.45, 2.75) is 19.4 Å². The lowest BCUT2D eigenvalue weighted by Gasteiger charge is -2.39. The number of hydrogen-bond acceptors (Lipinski definition) is 3. The van der Waals surface area contributed by atoms with Crippen molar-refractivity contribution in [1.82, 2.24) is 9.80 Å². The molecule has 0 N–H and O–H groups in total. The second-order valence-corrected chi connectivity index (χ2v) is 4.89. The summed E-state index contributed by atoms with van der Waals surface area (Å²) in [6, 6.07) is 11.0. The van der Waals surface area contributed by atoms with E-state index in [2.05, 4.69) is 0 Å². The summed E-state index contributed by atoms with van der Waals surface area (Å²) in [4.78, 5) is 27.5. The molecule has 1 heterocycles. The number of nitriles is 1. The quantitative estimate of drug-likeness (QED) is 0.813. The van der Waals surface area contributed by atoms with Crippen molar-refractivity contribution < 1.29 is 9.59 Å². The lowest BCUT2D eigenvalue weighted by Crippen LogP contribution is -2.55.